The largest absolute Gasteiger partial charge is 0.364 e. The minimum absolute atomic E-state index is 0.00349. The fourth-order valence-corrected chi connectivity index (χ4v) is 3.57. The van der Waals surface area contributed by atoms with E-state index in [9.17, 15) is 18.0 Å². The number of carbonyl (C=O) groups excluding carboxylic acids is 2. The smallest absolute Gasteiger partial charge is 0.257 e. The van der Waals surface area contributed by atoms with Gasteiger partial charge in [-0.05, 0) is 37.0 Å². The number of fused-ring (bicyclic) bond motifs is 1. The number of amides is 1. The summed E-state index contributed by atoms with van der Waals surface area (Å²) in [6.45, 7) is 0. The van der Waals surface area contributed by atoms with Crippen molar-refractivity contribution in [2.24, 2.45) is 0 Å². The van der Waals surface area contributed by atoms with E-state index in [0.717, 1.165) is 24.1 Å². The normalized spacial score (nSPS) is 14.2. The molecule has 25 heavy (non-hydrogen) atoms. The van der Waals surface area contributed by atoms with Gasteiger partial charge in [-0.15, -0.1) is 0 Å². The van der Waals surface area contributed by atoms with Gasteiger partial charge in [-0.3, -0.25) is 9.59 Å². The van der Waals surface area contributed by atoms with E-state index in [0.29, 0.717) is 29.7 Å². The Morgan fingerprint density at radius 3 is 2.60 bits per heavy atom. The summed E-state index contributed by atoms with van der Waals surface area (Å²) in [6, 6.07) is 7.05. The summed E-state index contributed by atoms with van der Waals surface area (Å²) in [4.78, 5) is 27.6. The second-order valence-electron chi connectivity index (χ2n) is 6.36. The maximum Gasteiger partial charge on any atom is 0.257 e. The van der Waals surface area contributed by atoms with Crippen LogP contribution < -0.4 is 5.32 Å². The molecular formula is C18H20N2O4S. The van der Waals surface area contributed by atoms with Gasteiger partial charge in [0.25, 0.3) is 5.91 Å². The van der Waals surface area contributed by atoms with Crippen LogP contribution in [0.5, 0.6) is 0 Å². The number of ketones is 1. The predicted molar refractivity (Wildman–Crippen MR) is 95.9 cm³/mol. The number of hydrogen-bond acceptors (Lipinski definition) is 4. The third-order valence-corrected chi connectivity index (χ3v) is 5.23. The maximum atomic E-state index is 12.5. The Hall–Kier alpha value is -2.41. The molecule has 1 amide bonds. The third-order valence-electron chi connectivity index (χ3n) is 4.29. The first kappa shape index (κ1) is 17.4. The van der Waals surface area contributed by atoms with Crippen molar-refractivity contribution in [1.29, 1.82) is 0 Å². The van der Waals surface area contributed by atoms with Crippen LogP contribution in [0.1, 0.15) is 44.8 Å². The summed E-state index contributed by atoms with van der Waals surface area (Å²) in [6.07, 6.45) is 5.29. The first-order valence-corrected chi connectivity index (χ1v) is 10.2. The molecule has 0 atom stereocenters. The van der Waals surface area contributed by atoms with E-state index in [-0.39, 0.29) is 17.4 Å². The Morgan fingerprint density at radius 2 is 1.92 bits per heavy atom. The highest BCUT2D eigenvalue weighted by Gasteiger charge is 2.25. The maximum absolute atomic E-state index is 12.5. The third kappa shape index (κ3) is 4.17. The topological polar surface area (TPSA) is 96.1 Å². The number of hydrogen-bond donors (Lipinski definition) is 2. The quantitative estimate of drug-likeness (QED) is 0.855. The number of carbonyl (C=O) groups is 2. The SMILES string of the molecule is CS(=O)(=O)CCc1ccc(NC(=O)c2c[nH]c3c2C(=O)CCC3)cc1. The predicted octanol–water partition coefficient (Wildman–Crippen LogP) is 2.37. The summed E-state index contributed by atoms with van der Waals surface area (Å²) in [7, 11) is -3.00. The highest BCUT2D eigenvalue weighted by molar-refractivity contribution is 7.90. The van der Waals surface area contributed by atoms with Crippen LogP contribution in [0.3, 0.4) is 0 Å². The van der Waals surface area contributed by atoms with Gasteiger partial charge in [-0.25, -0.2) is 8.42 Å². The van der Waals surface area contributed by atoms with Crippen LogP contribution >= 0.6 is 0 Å². The molecule has 0 saturated carbocycles. The lowest BCUT2D eigenvalue weighted by Crippen LogP contribution is -2.17. The Kier molecular flexibility index (Phi) is 4.76. The van der Waals surface area contributed by atoms with Crippen molar-refractivity contribution < 1.29 is 18.0 Å². The van der Waals surface area contributed by atoms with E-state index in [4.69, 9.17) is 0 Å². The van der Waals surface area contributed by atoms with E-state index in [1.807, 2.05) is 0 Å². The first-order valence-electron chi connectivity index (χ1n) is 8.15. The van der Waals surface area contributed by atoms with Gasteiger partial charge in [-0.2, -0.15) is 0 Å². The van der Waals surface area contributed by atoms with Crippen LogP contribution in [0.15, 0.2) is 30.5 Å². The zero-order chi connectivity index (χ0) is 18.0. The van der Waals surface area contributed by atoms with E-state index in [1.165, 1.54) is 6.26 Å². The van der Waals surface area contributed by atoms with Crippen LogP contribution in [0, 0.1) is 0 Å². The number of anilines is 1. The van der Waals surface area contributed by atoms with E-state index >= 15 is 0 Å². The van der Waals surface area contributed by atoms with Gasteiger partial charge in [0.15, 0.2) is 5.78 Å². The molecular weight excluding hydrogens is 340 g/mol. The van der Waals surface area contributed by atoms with E-state index in [2.05, 4.69) is 10.3 Å². The molecule has 1 aromatic carbocycles. The van der Waals surface area contributed by atoms with Crippen molar-refractivity contribution in [3.8, 4) is 0 Å². The minimum atomic E-state index is -3.00. The number of rotatable bonds is 5. The summed E-state index contributed by atoms with van der Waals surface area (Å²) >= 11 is 0. The number of benzene rings is 1. The summed E-state index contributed by atoms with van der Waals surface area (Å²) in [5, 5.41) is 2.79. The molecule has 1 aliphatic rings. The van der Waals surface area contributed by atoms with Crippen molar-refractivity contribution in [1.82, 2.24) is 4.98 Å². The number of aryl methyl sites for hydroxylation is 2. The Bertz CT molecular complexity index is 911. The number of sulfone groups is 1. The number of nitrogens with one attached hydrogen (secondary N) is 2. The molecule has 2 N–H and O–H groups in total. The second-order valence-corrected chi connectivity index (χ2v) is 8.62. The molecule has 0 aliphatic heterocycles. The molecule has 0 unspecified atom stereocenters. The fourth-order valence-electron chi connectivity index (χ4n) is 2.97. The fraction of sp³-hybridized carbons (Fsp3) is 0.333. The van der Waals surface area contributed by atoms with Gasteiger partial charge in [0.2, 0.25) is 0 Å². The molecule has 6 nitrogen and oxygen atoms in total. The molecule has 0 bridgehead atoms. The van der Waals surface area contributed by atoms with Crippen LogP contribution in [0.2, 0.25) is 0 Å². The zero-order valence-electron chi connectivity index (χ0n) is 14.0. The Balaban J connectivity index is 1.70. The van der Waals surface area contributed by atoms with Crippen molar-refractivity contribution in [2.45, 2.75) is 25.7 Å². The molecule has 0 fully saturated rings. The average molecular weight is 360 g/mol. The highest BCUT2D eigenvalue weighted by Crippen LogP contribution is 2.24. The summed E-state index contributed by atoms with van der Waals surface area (Å²) in [5.41, 5.74) is 3.20. The molecule has 0 radical (unpaired) electrons. The van der Waals surface area contributed by atoms with Gasteiger partial charge in [0, 0.05) is 30.3 Å². The molecule has 3 rings (SSSR count). The molecule has 1 aromatic heterocycles. The van der Waals surface area contributed by atoms with Crippen molar-refractivity contribution >= 4 is 27.2 Å². The zero-order valence-corrected chi connectivity index (χ0v) is 14.8. The standard InChI is InChI=1S/C18H20N2O4S/c1-25(23,24)10-9-12-5-7-13(8-6-12)20-18(22)14-11-19-15-3-2-4-16(21)17(14)15/h5-8,11,19H,2-4,9-10H2,1H3,(H,20,22). The molecule has 0 spiro atoms. The summed E-state index contributed by atoms with van der Waals surface area (Å²) in [5.74, 6) is -0.226. The Morgan fingerprint density at radius 1 is 1.20 bits per heavy atom. The lowest BCUT2D eigenvalue weighted by molar-refractivity contribution is 0.0956. The van der Waals surface area contributed by atoms with Crippen LogP contribution in [0.25, 0.3) is 0 Å². The number of aromatic amines is 1. The Labute approximate surface area is 146 Å². The monoisotopic (exact) mass is 360 g/mol. The van der Waals surface area contributed by atoms with Gasteiger partial charge >= 0.3 is 0 Å². The molecule has 1 heterocycles. The highest BCUT2D eigenvalue weighted by atomic mass is 32.2. The lowest BCUT2D eigenvalue weighted by atomic mass is 9.93. The van der Waals surface area contributed by atoms with Crippen molar-refractivity contribution in [2.75, 3.05) is 17.3 Å². The van der Waals surface area contributed by atoms with E-state index in [1.54, 1.807) is 30.5 Å². The lowest BCUT2D eigenvalue weighted by Gasteiger charge is -2.12. The van der Waals surface area contributed by atoms with Gasteiger partial charge in [0.05, 0.1) is 16.9 Å². The van der Waals surface area contributed by atoms with Crippen LogP contribution in [0.4, 0.5) is 5.69 Å². The first-order chi connectivity index (χ1) is 11.8. The molecule has 1 aliphatic carbocycles. The van der Waals surface area contributed by atoms with Gasteiger partial charge in [0.1, 0.15) is 9.84 Å². The molecule has 7 heteroatoms. The summed E-state index contributed by atoms with van der Waals surface area (Å²) < 4.78 is 22.4. The van der Waals surface area contributed by atoms with E-state index < -0.39 is 9.84 Å². The van der Waals surface area contributed by atoms with Crippen molar-refractivity contribution in [3.63, 3.8) is 0 Å². The van der Waals surface area contributed by atoms with Crippen LogP contribution in [-0.2, 0) is 22.7 Å². The number of H-pyrrole nitrogens is 1. The van der Waals surface area contributed by atoms with Gasteiger partial charge in [-0.1, -0.05) is 12.1 Å². The van der Waals surface area contributed by atoms with Gasteiger partial charge < -0.3 is 10.3 Å². The minimum Gasteiger partial charge on any atom is -0.364 e. The molecule has 0 saturated heterocycles. The van der Waals surface area contributed by atoms with Crippen molar-refractivity contribution in [3.05, 3.63) is 52.8 Å². The molecule has 132 valence electrons. The second kappa shape index (κ2) is 6.84. The molecule has 2 aromatic rings. The number of aromatic nitrogens is 1. The van der Waals surface area contributed by atoms with Crippen LogP contribution in [-0.4, -0.2) is 37.1 Å². The number of Topliss-reactive ketones (excluding diaryl/α,β-unsaturated/α-hetero) is 1. The average Bonchev–Trinajstić information content (AvgIpc) is 2.99.